The molecular weight excluding hydrogens is 500 g/mol. The Morgan fingerprint density at radius 1 is 1.00 bits per heavy atom. The molecule has 0 unspecified atom stereocenters. The number of hydrogen-bond acceptors (Lipinski definition) is 6. The second kappa shape index (κ2) is 10.1. The maximum Gasteiger partial charge on any atom is 0.347 e. The molecule has 0 aliphatic carbocycles. The molecule has 1 aromatic heterocycles. The molecule has 3 heterocycles. The van der Waals surface area contributed by atoms with E-state index < -0.39 is 0 Å². The summed E-state index contributed by atoms with van der Waals surface area (Å²) in [6.45, 7) is 3.69. The molecule has 0 amide bonds. The van der Waals surface area contributed by atoms with Gasteiger partial charge in [0.05, 0.1) is 13.1 Å². The lowest BCUT2D eigenvalue weighted by Crippen LogP contribution is -2.43. The minimum Gasteiger partial charge on any atom is -0.454 e. The first-order chi connectivity index (χ1) is 16.6. The van der Waals surface area contributed by atoms with Gasteiger partial charge in [0, 0.05) is 11.0 Å². The number of likely N-dealkylation sites (tertiary alicyclic amines) is 1. The minimum absolute atomic E-state index is 0.252. The standard InChI is InChI=1S/C25H27BrN4O4/c26-21-14-23-22(33-17-34-23)13-20(21)12-18-6-8-28(9-7-18)10-11-30-25(32)29(24(31)15-27-30)16-19-4-2-1-3-5-19/h1-5,13-15,18H,6-12,16-17H2. The zero-order valence-corrected chi connectivity index (χ0v) is 20.4. The van der Waals surface area contributed by atoms with Crippen molar-refractivity contribution >= 4 is 15.9 Å². The van der Waals surface area contributed by atoms with Crippen LogP contribution < -0.4 is 20.7 Å². The lowest BCUT2D eigenvalue weighted by molar-refractivity contribution is 0.173. The van der Waals surface area contributed by atoms with Crippen LogP contribution in [-0.2, 0) is 19.5 Å². The molecule has 1 saturated heterocycles. The van der Waals surface area contributed by atoms with Crippen molar-refractivity contribution in [3.05, 3.63) is 85.1 Å². The number of hydrogen-bond donors (Lipinski definition) is 0. The molecule has 0 N–H and O–H groups in total. The minimum atomic E-state index is -0.374. The van der Waals surface area contributed by atoms with E-state index >= 15 is 0 Å². The molecule has 0 spiro atoms. The first-order valence-corrected chi connectivity index (χ1v) is 12.4. The van der Waals surface area contributed by atoms with Gasteiger partial charge in [-0.15, -0.1) is 0 Å². The highest BCUT2D eigenvalue weighted by atomic mass is 79.9. The summed E-state index contributed by atoms with van der Waals surface area (Å²) in [6, 6.07) is 13.6. The third-order valence-electron chi connectivity index (χ3n) is 6.59. The van der Waals surface area contributed by atoms with E-state index in [9.17, 15) is 9.59 Å². The van der Waals surface area contributed by atoms with Gasteiger partial charge in [-0.05, 0) is 61.5 Å². The molecule has 0 atom stereocenters. The zero-order chi connectivity index (χ0) is 23.5. The molecule has 2 aliphatic rings. The van der Waals surface area contributed by atoms with Gasteiger partial charge < -0.3 is 14.4 Å². The van der Waals surface area contributed by atoms with Crippen molar-refractivity contribution < 1.29 is 9.47 Å². The Hall–Kier alpha value is -2.91. The lowest BCUT2D eigenvalue weighted by Gasteiger charge is -2.32. The second-order valence-corrected chi connectivity index (χ2v) is 9.70. The number of ether oxygens (including phenoxy) is 2. The van der Waals surface area contributed by atoms with E-state index in [1.165, 1.54) is 21.0 Å². The summed E-state index contributed by atoms with van der Waals surface area (Å²) >= 11 is 3.67. The van der Waals surface area contributed by atoms with Gasteiger partial charge in [0.25, 0.3) is 5.56 Å². The fraction of sp³-hybridized carbons (Fsp3) is 0.400. The van der Waals surface area contributed by atoms with Crippen LogP contribution in [-0.4, -0.2) is 45.7 Å². The summed E-state index contributed by atoms with van der Waals surface area (Å²) in [5.41, 5.74) is 1.43. The van der Waals surface area contributed by atoms with Gasteiger partial charge in [-0.2, -0.15) is 5.10 Å². The fourth-order valence-electron chi connectivity index (χ4n) is 4.61. The normalized spacial score (nSPS) is 16.1. The predicted molar refractivity (Wildman–Crippen MR) is 131 cm³/mol. The van der Waals surface area contributed by atoms with Crippen LogP contribution in [0.5, 0.6) is 11.5 Å². The Labute approximate surface area is 205 Å². The largest absolute Gasteiger partial charge is 0.454 e. The fourth-order valence-corrected chi connectivity index (χ4v) is 5.10. The van der Waals surface area contributed by atoms with Crippen molar-refractivity contribution in [2.45, 2.75) is 32.4 Å². The van der Waals surface area contributed by atoms with E-state index in [2.05, 4.69) is 32.0 Å². The van der Waals surface area contributed by atoms with Gasteiger partial charge >= 0.3 is 5.69 Å². The first-order valence-electron chi connectivity index (χ1n) is 11.6. The Bertz CT molecular complexity index is 1270. The van der Waals surface area contributed by atoms with Crippen molar-refractivity contribution in [3.8, 4) is 11.5 Å². The van der Waals surface area contributed by atoms with Gasteiger partial charge in [0.15, 0.2) is 11.5 Å². The summed E-state index contributed by atoms with van der Waals surface area (Å²) in [5.74, 6) is 2.22. The van der Waals surface area contributed by atoms with E-state index in [1.807, 2.05) is 36.4 Å². The van der Waals surface area contributed by atoms with Crippen LogP contribution in [0.1, 0.15) is 24.0 Å². The van der Waals surface area contributed by atoms with E-state index in [4.69, 9.17) is 9.47 Å². The number of fused-ring (bicyclic) bond motifs is 1. The summed E-state index contributed by atoms with van der Waals surface area (Å²) in [4.78, 5) is 27.5. The van der Waals surface area contributed by atoms with Crippen LogP contribution in [0.4, 0.5) is 0 Å². The summed E-state index contributed by atoms with van der Waals surface area (Å²) < 4.78 is 14.7. The number of nitrogens with zero attached hydrogens (tertiary/aromatic N) is 4. The lowest BCUT2D eigenvalue weighted by atomic mass is 9.90. The maximum absolute atomic E-state index is 12.9. The Morgan fingerprint density at radius 3 is 2.50 bits per heavy atom. The molecule has 34 heavy (non-hydrogen) atoms. The Kier molecular flexibility index (Phi) is 6.82. The average Bonchev–Trinajstić information content (AvgIpc) is 3.30. The van der Waals surface area contributed by atoms with E-state index in [1.54, 1.807) is 0 Å². The number of aromatic nitrogens is 3. The molecule has 1 fully saturated rings. The van der Waals surface area contributed by atoms with Crippen molar-refractivity contribution in [1.29, 1.82) is 0 Å². The van der Waals surface area contributed by atoms with Gasteiger partial charge in [0.2, 0.25) is 6.79 Å². The van der Waals surface area contributed by atoms with Crippen molar-refractivity contribution in [2.24, 2.45) is 5.92 Å². The summed E-state index contributed by atoms with van der Waals surface area (Å²) in [5, 5.41) is 4.09. The molecule has 0 bridgehead atoms. The number of rotatable bonds is 7. The Balaban J connectivity index is 1.16. The molecule has 0 saturated carbocycles. The molecular formula is C25H27BrN4O4. The SMILES string of the molecule is O=c1cnn(CCN2CCC(Cc3cc4c(cc3Br)OCO4)CC2)c(=O)n1Cc1ccccc1. The van der Waals surface area contributed by atoms with E-state index in [0.717, 1.165) is 60.4 Å². The van der Waals surface area contributed by atoms with Gasteiger partial charge in [0.1, 0.15) is 6.20 Å². The van der Waals surface area contributed by atoms with Crippen molar-refractivity contribution in [3.63, 3.8) is 0 Å². The van der Waals surface area contributed by atoms with Crippen molar-refractivity contribution in [2.75, 3.05) is 26.4 Å². The van der Waals surface area contributed by atoms with Crippen molar-refractivity contribution in [1.82, 2.24) is 19.2 Å². The van der Waals surface area contributed by atoms with Crippen LogP contribution in [0.2, 0.25) is 0 Å². The first kappa shape index (κ1) is 22.9. The topological polar surface area (TPSA) is 78.6 Å². The van der Waals surface area contributed by atoms with Crippen LogP contribution in [0.15, 0.2) is 62.7 Å². The quantitative estimate of drug-likeness (QED) is 0.471. The number of benzene rings is 2. The molecule has 8 nitrogen and oxygen atoms in total. The van der Waals surface area contributed by atoms with Crippen LogP contribution in [0.3, 0.4) is 0 Å². The summed E-state index contributed by atoms with van der Waals surface area (Å²) in [7, 11) is 0. The highest BCUT2D eigenvalue weighted by molar-refractivity contribution is 9.10. The van der Waals surface area contributed by atoms with Gasteiger partial charge in [-0.1, -0.05) is 46.3 Å². The molecule has 3 aromatic rings. The highest BCUT2D eigenvalue weighted by Crippen LogP contribution is 2.38. The molecule has 2 aliphatic heterocycles. The van der Waals surface area contributed by atoms with Gasteiger partial charge in [-0.25, -0.2) is 9.48 Å². The smallest absolute Gasteiger partial charge is 0.347 e. The predicted octanol–water partition coefficient (Wildman–Crippen LogP) is 2.90. The summed E-state index contributed by atoms with van der Waals surface area (Å²) in [6.07, 6.45) is 4.42. The average molecular weight is 527 g/mol. The molecule has 5 rings (SSSR count). The van der Waals surface area contributed by atoms with Crippen LogP contribution in [0.25, 0.3) is 0 Å². The van der Waals surface area contributed by atoms with Crippen LogP contribution in [0, 0.1) is 5.92 Å². The maximum atomic E-state index is 12.9. The molecule has 0 radical (unpaired) electrons. The highest BCUT2D eigenvalue weighted by Gasteiger charge is 2.23. The van der Waals surface area contributed by atoms with E-state index in [-0.39, 0.29) is 24.6 Å². The monoisotopic (exact) mass is 526 g/mol. The molecule has 178 valence electrons. The van der Waals surface area contributed by atoms with E-state index in [0.29, 0.717) is 12.5 Å². The zero-order valence-electron chi connectivity index (χ0n) is 18.9. The number of halogens is 1. The molecule has 2 aromatic carbocycles. The number of piperidine rings is 1. The second-order valence-electron chi connectivity index (χ2n) is 8.85. The van der Waals surface area contributed by atoms with Crippen LogP contribution >= 0.6 is 15.9 Å². The van der Waals surface area contributed by atoms with Gasteiger partial charge in [-0.3, -0.25) is 9.36 Å². The Morgan fingerprint density at radius 2 is 1.74 bits per heavy atom. The third kappa shape index (κ3) is 5.10. The third-order valence-corrected chi connectivity index (χ3v) is 7.33. The molecule has 9 heteroatoms.